The van der Waals surface area contributed by atoms with Gasteiger partial charge in [-0.2, -0.15) is 0 Å². The molecule has 0 radical (unpaired) electrons. The highest BCUT2D eigenvalue weighted by Gasteiger charge is 2.68. The van der Waals surface area contributed by atoms with E-state index in [9.17, 15) is 24.6 Å². The van der Waals surface area contributed by atoms with Gasteiger partial charge in [0.25, 0.3) is 0 Å². The van der Waals surface area contributed by atoms with E-state index in [-0.39, 0.29) is 35.4 Å². The summed E-state index contributed by atoms with van der Waals surface area (Å²) in [6.45, 7) is 5.37. The zero-order valence-corrected chi connectivity index (χ0v) is 18.3. The minimum atomic E-state index is -1.59. The number of fused-ring (bicyclic) bond motifs is 5. The molecule has 0 aromatic rings. The molecular formula is C24H34O6. The van der Waals surface area contributed by atoms with E-state index in [1.165, 1.54) is 5.57 Å². The van der Waals surface area contributed by atoms with Gasteiger partial charge in [-0.1, -0.05) is 26.3 Å². The lowest BCUT2D eigenvalue weighted by Crippen LogP contribution is -2.62. The predicted molar refractivity (Wildman–Crippen MR) is 109 cm³/mol. The van der Waals surface area contributed by atoms with Gasteiger partial charge in [0, 0.05) is 18.3 Å². The monoisotopic (exact) mass is 418 g/mol. The molecule has 6 heteroatoms. The van der Waals surface area contributed by atoms with E-state index in [0.717, 1.165) is 25.7 Å². The summed E-state index contributed by atoms with van der Waals surface area (Å²) >= 11 is 0. The fourth-order valence-corrected chi connectivity index (χ4v) is 7.52. The quantitative estimate of drug-likeness (QED) is 0.681. The van der Waals surface area contributed by atoms with Gasteiger partial charge in [0.15, 0.2) is 12.4 Å². The molecule has 166 valence electrons. The van der Waals surface area contributed by atoms with E-state index < -0.39 is 35.5 Å². The molecule has 0 bridgehead atoms. The molecule has 0 saturated heterocycles. The summed E-state index contributed by atoms with van der Waals surface area (Å²) in [6.07, 6.45) is 5.73. The molecule has 0 spiro atoms. The summed E-state index contributed by atoms with van der Waals surface area (Å²) in [5, 5.41) is 22.9. The molecule has 3 fully saturated rings. The standard InChI is InChI=1S/C24H34O6/c1-4-20(28)30-13-19(27)24(29)10-8-17-16-6-5-14-11-15(25)7-9-22(14,2)21(16)18(26)12-23(17,24)3/h11,16-18,21,26,29H,4-10,12-13H2,1-3H3/t16-,17-,18?,21+,22-,23-,24-/m0/s1. The van der Waals surface area contributed by atoms with E-state index in [1.807, 2.05) is 6.92 Å². The largest absolute Gasteiger partial charge is 0.458 e. The minimum absolute atomic E-state index is 0.0408. The number of rotatable bonds is 4. The summed E-state index contributed by atoms with van der Waals surface area (Å²) in [5.74, 6) is -0.364. The zero-order chi connectivity index (χ0) is 21.9. The Hall–Kier alpha value is -1.53. The van der Waals surface area contributed by atoms with E-state index in [4.69, 9.17) is 4.74 Å². The number of esters is 1. The van der Waals surface area contributed by atoms with Crippen LogP contribution >= 0.6 is 0 Å². The third kappa shape index (κ3) is 2.94. The molecule has 4 aliphatic rings. The highest BCUT2D eigenvalue weighted by molar-refractivity contribution is 5.92. The topological polar surface area (TPSA) is 101 Å². The summed E-state index contributed by atoms with van der Waals surface area (Å²) in [5.41, 5.74) is -1.36. The first kappa shape index (κ1) is 21.7. The van der Waals surface area contributed by atoms with Crippen molar-refractivity contribution < 1.29 is 29.3 Å². The van der Waals surface area contributed by atoms with Gasteiger partial charge in [0.2, 0.25) is 5.78 Å². The number of Topliss-reactive ketones (excluding diaryl/α,β-unsaturated/α-hetero) is 1. The summed E-state index contributed by atoms with van der Waals surface area (Å²) < 4.78 is 5.04. The summed E-state index contributed by atoms with van der Waals surface area (Å²) in [4.78, 5) is 36.5. The van der Waals surface area contributed by atoms with Gasteiger partial charge in [-0.3, -0.25) is 14.4 Å². The highest BCUT2D eigenvalue weighted by Crippen LogP contribution is 2.67. The van der Waals surface area contributed by atoms with E-state index in [2.05, 4.69) is 6.92 Å². The Morgan fingerprint density at radius 1 is 1.20 bits per heavy atom. The lowest BCUT2D eigenvalue weighted by Gasteiger charge is -2.60. The van der Waals surface area contributed by atoms with Crippen molar-refractivity contribution >= 4 is 17.5 Å². The Bertz CT molecular complexity index is 802. The van der Waals surface area contributed by atoms with Crippen molar-refractivity contribution in [1.29, 1.82) is 0 Å². The van der Waals surface area contributed by atoms with Gasteiger partial charge in [0.1, 0.15) is 5.60 Å². The summed E-state index contributed by atoms with van der Waals surface area (Å²) in [6, 6.07) is 0. The number of ketones is 2. The van der Waals surface area contributed by atoms with E-state index in [0.29, 0.717) is 19.3 Å². The second kappa shape index (κ2) is 7.27. The Kier molecular flexibility index (Phi) is 5.25. The molecule has 0 amide bonds. The van der Waals surface area contributed by atoms with Crippen LogP contribution in [0.15, 0.2) is 11.6 Å². The number of aliphatic hydroxyl groups is 2. The zero-order valence-electron chi connectivity index (χ0n) is 18.3. The molecule has 4 aliphatic carbocycles. The van der Waals surface area contributed by atoms with Gasteiger partial charge >= 0.3 is 5.97 Å². The first-order valence-electron chi connectivity index (χ1n) is 11.4. The number of hydrogen-bond donors (Lipinski definition) is 2. The van der Waals surface area contributed by atoms with Gasteiger partial charge in [-0.05, 0) is 67.8 Å². The molecule has 1 unspecified atom stereocenters. The van der Waals surface area contributed by atoms with Gasteiger partial charge < -0.3 is 14.9 Å². The maximum Gasteiger partial charge on any atom is 0.305 e. The number of hydrogen-bond acceptors (Lipinski definition) is 6. The fraction of sp³-hybridized carbons (Fsp3) is 0.792. The smallest absolute Gasteiger partial charge is 0.305 e. The third-order valence-corrected chi connectivity index (χ3v) is 9.16. The molecule has 3 saturated carbocycles. The normalized spacial score (nSPS) is 45.1. The molecule has 30 heavy (non-hydrogen) atoms. The number of allylic oxidation sites excluding steroid dienone is 1. The Labute approximate surface area is 178 Å². The van der Waals surface area contributed by atoms with E-state index in [1.54, 1.807) is 13.0 Å². The fourth-order valence-electron chi connectivity index (χ4n) is 7.52. The number of carbonyl (C=O) groups is 3. The third-order valence-electron chi connectivity index (χ3n) is 9.16. The van der Waals surface area contributed by atoms with Gasteiger partial charge in [-0.15, -0.1) is 0 Å². The van der Waals surface area contributed by atoms with Crippen LogP contribution in [0.4, 0.5) is 0 Å². The molecule has 0 aromatic heterocycles. The van der Waals surface area contributed by atoms with Crippen molar-refractivity contribution in [3.8, 4) is 0 Å². The first-order valence-corrected chi connectivity index (χ1v) is 11.4. The van der Waals surface area contributed by atoms with Crippen molar-refractivity contribution in [2.45, 2.75) is 83.8 Å². The Balaban J connectivity index is 1.62. The lowest BCUT2D eigenvalue weighted by atomic mass is 9.45. The summed E-state index contributed by atoms with van der Waals surface area (Å²) in [7, 11) is 0. The first-order chi connectivity index (χ1) is 14.1. The van der Waals surface area contributed by atoms with Crippen molar-refractivity contribution in [3.63, 3.8) is 0 Å². The molecule has 0 aromatic carbocycles. The average Bonchev–Trinajstić information content (AvgIpc) is 2.97. The molecular weight excluding hydrogens is 384 g/mol. The molecule has 4 rings (SSSR count). The van der Waals surface area contributed by atoms with Crippen molar-refractivity contribution in [2.75, 3.05) is 6.61 Å². The average molecular weight is 419 g/mol. The highest BCUT2D eigenvalue weighted by atomic mass is 16.5. The van der Waals surface area contributed by atoms with Crippen molar-refractivity contribution in [3.05, 3.63) is 11.6 Å². The number of carbonyl (C=O) groups excluding carboxylic acids is 3. The SMILES string of the molecule is CCC(=O)OCC(=O)[C@@]1(O)CC[C@H]2[C@@H]3CCC4=CC(=O)CC[C@]4(C)[C@H]3C(O)C[C@@]21C. The van der Waals surface area contributed by atoms with Crippen molar-refractivity contribution in [1.82, 2.24) is 0 Å². The number of ether oxygens (including phenoxy) is 1. The second-order valence-electron chi connectivity index (χ2n) is 10.4. The Morgan fingerprint density at radius 3 is 2.63 bits per heavy atom. The molecule has 0 heterocycles. The van der Waals surface area contributed by atoms with Gasteiger partial charge in [-0.25, -0.2) is 0 Å². The molecule has 6 nitrogen and oxygen atoms in total. The van der Waals surface area contributed by atoms with Gasteiger partial charge in [0.05, 0.1) is 6.10 Å². The van der Waals surface area contributed by atoms with Crippen molar-refractivity contribution in [2.24, 2.45) is 28.6 Å². The van der Waals surface area contributed by atoms with Crippen LogP contribution in [0.3, 0.4) is 0 Å². The number of aliphatic hydroxyl groups excluding tert-OH is 1. The maximum absolute atomic E-state index is 13.0. The minimum Gasteiger partial charge on any atom is -0.458 e. The van der Waals surface area contributed by atoms with Crippen LogP contribution in [-0.2, 0) is 19.1 Å². The molecule has 0 aliphatic heterocycles. The van der Waals surface area contributed by atoms with E-state index >= 15 is 0 Å². The maximum atomic E-state index is 13.0. The molecule has 2 N–H and O–H groups in total. The van der Waals surface area contributed by atoms with Crippen LogP contribution in [0, 0.1) is 28.6 Å². The molecule has 7 atom stereocenters. The second-order valence-corrected chi connectivity index (χ2v) is 10.4. The van der Waals surface area contributed by atoms with Crippen LogP contribution in [0.2, 0.25) is 0 Å². The van der Waals surface area contributed by atoms with Crippen LogP contribution in [-0.4, -0.2) is 46.1 Å². The van der Waals surface area contributed by atoms with Crippen LogP contribution in [0.25, 0.3) is 0 Å². The van der Waals surface area contributed by atoms with Crippen LogP contribution < -0.4 is 0 Å². The van der Waals surface area contributed by atoms with Crippen LogP contribution in [0.5, 0.6) is 0 Å². The lowest BCUT2D eigenvalue weighted by molar-refractivity contribution is -0.184. The predicted octanol–water partition coefficient (Wildman–Crippen LogP) is 2.74. The Morgan fingerprint density at radius 2 is 1.93 bits per heavy atom. The van der Waals surface area contributed by atoms with Crippen LogP contribution in [0.1, 0.15) is 72.1 Å².